The molecule has 2 radical (unpaired) electrons. The van der Waals surface area contributed by atoms with E-state index in [1.54, 1.807) is 13.8 Å². The summed E-state index contributed by atoms with van der Waals surface area (Å²) in [5, 5.41) is 8.06. The molecular weight excluding hydrogens is 355 g/mol. The molecule has 0 aromatic rings. The maximum Gasteiger partial charge on any atom is 0 e. The van der Waals surface area contributed by atoms with Gasteiger partial charge in [-0.15, -0.1) is 0 Å². The van der Waals surface area contributed by atoms with E-state index in [0.29, 0.717) is 0 Å². The molecule has 7 N–H and O–H groups in total. The van der Waals surface area contributed by atoms with E-state index in [1.807, 2.05) is 0 Å². The average Bonchev–Trinajstić information content (AvgIpc) is 0.811. The Balaban J connectivity index is -0.00000000450. The van der Waals surface area contributed by atoms with Gasteiger partial charge < -0.3 is 21.5 Å². The Kier molecular flexibility index (Phi) is 177. The summed E-state index contributed by atoms with van der Waals surface area (Å²) in [7, 11) is 0. The molecule has 9 heavy (non-hydrogen) atoms. The SMILES string of the molecule is CC(C)O.O.O.O.[PbH2].[Ti]. The number of aliphatic hydroxyl groups excluding tert-OH is 1. The van der Waals surface area contributed by atoms with E-state index < -0.39 is 0 Å². The maximum absolute atomic E-state index is 8.06. The molecule has 0 atom stereocenters. The van der Waals surface area contributed by atoms with Gasteiger partial charge in [-0.2, -0.15) is 0 Å². The second-order valence-corrected chi connectivity index (χ2v) is 1.09. The molecule has 60 valence electrons. The average molecular weight is 371 g/mol. The van der Waals surface area contributed by atoms with Crippen molar-refractivity contribution in [2.45, 2.75) is 20.0 Å². The van der Waals surface area contributed by atoms with Crippen molar-refractivity contribution < 1.29 is 43.3 Å². The van der Waals surface area contributed by atoms with Crippen molar-refractivity contribution in [3.63, 3.8) is 0 Å². The summed E-state index contributed by atoms with van der Waals surface area (Å²) in [5.41, 5.74) is 0. The molecule has 0 aliphatic rings. The Morgan fingerprint density at radius 1 is 1.00 bits per heavy atom. The molecule has 0 saturated heterocycles. The number of hydrogen-bond acceptors (Lipinski definition) is 1. The van der Waals surface area contributed by atoms with Gasteiger partial charge in [0.15, 0.2) is 0 Å². The largest absolute Gasteiger partial charge is 0 e. The van der Waals surface area contributed by atoms with Gasteiger partial charge in [0.2, 0.25) is 0 Å². The first-order chi connectivity index (χ1) is 1.73. The Morgan fingerprint density at radius 2 is 1.00 bits per heavy atom. The van der Waals surface area contributed by atoms with Crippen LogP contribution in [-0.2, 0) is 21.7 Å². The predicted octanol–water partition coefficient (Wildman–Crippen LogP) is -3.01. The predicted molar refractivity (Wildman–Crippen MR) is 36.7 cm³/mol. The third-order valence-corrected chi connectivity index (χ3v) is 0. The van der Waals surface area contributed by atoms with E-state index in [1.165, 1.54) is 0 Å². The van der Waals surface area contributed by atoms with Crippen molar-refractivity contribution in [2.75, 3.05) is 0 Å². The van der Waals surface area contributed by atoms with E-state index in [4.69, 9.17) is 5.11 Å². The minimum atomic E-state index is -0.167. The third kappa shape index (κ3) is 243. The fraction of sp³-hybridized carbons (Fsp3) is 1.00. The fourth-order valence-corrected chi connectivity index (χ4v) is 0. The van der Waals surface area contributed by atoms with E-state index in [2.05, 4.69) is 0 Å². The van der Waals surface area contributed by atoms with Gasteiger partial charge in [0.05, 0.1) is 0 Å². The van der Waals surface area contributed by atoms with Crippen LogP contribution in [0, 0.1) is 0 Å². The first-order valence-corrected chi connectivity index (χ1v) is 1.41. The van der Waals surface area contributed by atoms with Crippen LogP contribution in [0.1, 0.15) is 13.8 Å². The van der Waals surface area contributed by atoms with E-state index >= 15 is 0 Å². The molecule has 0 fully saturated rings. The van der Waals surface area contributed by atoms with Crippen molar-refractivity contribution >= 4 is 27.3 Å². The third-order valence-electron chi connectivity index (χ3n) is 0. The Hall–Kier alpha value is 1.48. The molecule has 0 bridgehead atoms. The summed E-state index contributed by atoms with van der Waals surface area (Å²) >= 11 is 0. The van der Waals surface area contributed by atoms with E-state index in [0.717, 1.165) is 0 Å². The van der Waals surface area contributed by atoms with Crippen LogP contribution in [0.25, 0.3) is 0 Å². The molecule has 0 unspecified atom stereocenters. The second-order valence-electron chi connectivity index (χ2n) is 1.09. The monoisotopic (exact) mass is 372 g/mol. The van der Waals surface area contributed by atoms with Gasteiger partial charge >= 0.3 is 27.3 Å². The van der Waals surface area contributed by atoms with Gasteiger partial charge in [-0.05, 0) is 13.8 Å². The smallest absolute Gasteiger partial charge is 0 e. The number of rotatable bonds is 0. The van der Waals surface area contributed by atoms with Gasteiger partial charge in [0.25, 0.3) is 0 Å². The van der Waals surface area contributed by atoms with Crippen LogP contribution in [0.5, 0.6) is 0 Å². The molecule has 0 amide bonds. The van der Waals surface area contributed by atoms with Gasteiger partial charge in [-0.1, -0.05) is 0 Å². The molecule has 0 saturated carbocycles. The molecule has 0 aromatic heterocycles. The van der Waals surface area contributed by atoms with Crippen molar-refractivity contribution in [1.82, 2.24) is 0 Å². The van der Waals surface area contributed by atoms with Gasteiger partial charge in [0.1, 0.15) is 0 Å². The Morgan fingerprint density at radius 3 is 1.00 bits per heavy atom. The number of aliphatic hydroxyl groups is 1. The van der Waals surface area contributed by atoms with Gasteiger partial charge in [-0.3, -0.25) is 0 Å². The minimum absolute atomic E-state index is 0. The fourth-order valence-electron chi connectivity index (χ4n) is 0. The summed E-state index contributed by atoms with van der Waals surface area (Å²) in [6.07, 6.45) is -0.167. The van der Waals surface area contributed by atoms with Crippen LogP contribution >= 0.6 is 0 Å². The standard InChI is InChI=1S/C3H8O.3H2O.Pb.Ti.2H/c1-3(2)4;;;;;;;/h3-4H,1-2H3;3*1H2;;;;. The van der Waals surface area contributed by atoms with Crippen LogP contribution in [0.2, 0.25) is 0 Å². The van der Waals surface area contributed by atoms with Crippen molar-refractivity contribution in [3.8, 4) is 0 Å². The molecule has 4 nitrogen and oxygen atoms in total. The number of hydrogen-bond donors (Lipinski definition) is 1. The quantitative estimate of drug-likeness (QED) is 0.449. The van der Waals surface area contributed by atoms with Crippen molar-refractivity contribution in [1.29, 1.82) is 0 Å². The van der Waals surface area contributed by atoms with Crippen LogP contribution in [0.4, 0.5) is 0 Å². The normalized spacial score (nSPS) is 4.00. The van der Waals surface area contributed by atoms with Crippen molar-refractivity contribution in [2.24, 2.45) is 0 Å². The first kappa shape index (κ1) is 47.0. The molecule has 0 rings (SSSR count). The van der Waals surface area contributed by atoms with Crippen LogP contribution < -0.4 is 0 Å². The Labute approximate surface area is 90.0 Å². The molecule has 0 aromatic carbocycles. The summed E-state index contributed by atoms with van der Waals surface area (Å²) in [4.78, 5) is 0. The molecule has 0 heterocycles. The molecule has 0 aliphatic carbocycles. The maximum atomic E-state index is 8.06. The zero-order chi connectivity index (χ0) is 3.58. The molecular formula is C3H16O4PbTi. The summed E-state index contributed by atoms with van der Waals surface area (Å²) < 4.78 is 0. The summed E-state index contributed by atoms with van der Waals surface area (Å²) in [6.45, 7) is 3.44. The van der Waals surface area contributed by atoms with Gasteiger partial charge in [0, 0.05) is 27.8 Å². The zero-order valence-corrected chi connectivity index (χ0v) is 12.8. The van der Waals surface area contributed by atoms with Gasteiger partial charge in [-0.25, -0.2) is 0 Å². The molecule has 0 spiro atoms. The zero-order valence-electron chi connectivity index (χ0n) is 5.73. The van der Waals surface area contributed by atoms with Crippen molar-refractivity contribution in [3.05, 3.63) is 0 Å². The van der Waals surface area contributed by atoms with Crippen LogP contribution in [-0.4, -0.2) is 54.9 Å². The van der Waals surface area contributed by atoms with E-state index in [9.17, 15) is 0 Å². The minimum Gasteiger partial charge on any atom is 0 e. The van der Waals surface area contributed by atoms with Crippen LogP contribution in [0.15, 0.2) is 0 Å². The molecule has 0 aliphatic heterocycles. The Bertz CT molecular complexity index is 20.5. The van der Waals surface area contributed by atoms with Crippen LogP contribution in [0.3, 0.4) is 0 Å². The first-order valence-electron chi connectivity index (χ1n) is 1.41. The topological polar surface area (TPSA) is 115 Å². The summed E-state index contributed by atoms with van der Waals surface area (Å²) in [5.74, 6) is 0. The molecule has 6 heteroatoms. The second kappa shape index (κ2) is 34.0. The van der Waals surface area contributed by atoms with E-state index in [-0.39, 0.29) is 71.5 Å². The summed E-state index contributed by atoms with van der Waals surface area (Å²) in [6, 6.07) is 0.